The van der Waals surface area contributed by atoms with Gasteiger partial charge in [0.2, 0.25) is 0 Å². The molecule has 4 heterocycles. The van der Waals surface area contributed by atoms with Crippen molar-refractivity contribution in [1.82, 2.24) is 24.8 Å². The van der Waals surface area contributed by atoms with E-state index in [1.165, 1.54) is 12.3 Å². The highest BCUT2D eigenvalue weighted by atomic mass is 19.1. The summed E-state index contributed by atoms with van der Waals surface area (Å²) in [5, 5.41) is 11.9. The Morgan fingerprint density at radius 3 is 2.71 bits per heavy atom. The van der Waals surface area contributed by atoms with E-state index >= 15 is 0 Å². The standard InChI is InChI=1S/C25H29FN6O3/c1-25(2,3)35-24(34)31-11-9-15(10-12-31)19-13-21(33)29-23-22-17(5-4-6-18(22)30-32(19)23)28-20-8-7-16(26)14-27-20/h4-8,13-15,20,27-28H,9-12H2,1-3H3,(H,29,33). The predicted octanol–water partition coefficient (Wildman–Crippen LogP) is 4.00. The Bertz CT molecular complexity index is 1390. The molecular weight excluding hydrogens is 451 g/mol. The van der Waals surface area contributed by atoms with Crippen LogP contribution in [-0.4, -0.2) is 50.4 Å². The molecule has 5 rings (SSSR count). The number of amides is 1. The number of ether oxygens (including phenoxy) is 1. The van der Waals surface area contributed by atoms with Crippen LogP contribution in [0, 0.1) is 0 Å². The molecule has 1 unspecified atom stereocenters. The Hall–Kier alpha value is -3.82. The first-order valence-corrected chi connectivity index (χ1v) is 11.8. The number of aromatic amines is 1. The number of likely N-dealkylation sites (tertiary alicyclic amines) is 1. The molecule has 35 heavy (non-hydrogen) atoms. The number of hydrogen-bond donors (Lipinski definition) is 3. The van der Waals surface area contributed by atoms with Crippen molar-refractivity contribution in [1.29, 1.82) is 0 Å². The first-order chi connectivity index (χ1) is 16.7. The first kappa shape index (κ1) is 22.9. The lowest BCUT2D eigenvalue weighted by atomic mass is 9.93. The van der Waals surface area contributed by atoms with Gasteiger partial charge >= 0.3 is 6.09 Å². The summed E-state index contributed by atoms with van der Waals surface area (Å²) in [6, 6.07) is 7.28. The van der Waals surface area contributed by atoms with E-state index in [4.69, 9.17) is 9.84 Å². The first-order valence-electron chi connectivity index (χ1n) is 11.8. The lowest BCUT2D eigenvalue weighted by molar-refractivity contribution is 0.0203. The normalized spacial score (nSPS) is 19.0. The molecule has 1 fully saturated rings. The van der Waals surface area contributed by atoms with Gasteiger partial charge in [-0.25, -0.2) is 13.7 Å². The number of anilines is 1. The monoisotopic (exact) mass is 480 g/mol. The van der Waals surface area contributed by atoms with Gasteiger partial charge in [-0.2, -0.15) is 5.10 Å². The summed E-state index contributed by atoms with van der Waals surface area (Å²) in [6.45, 7) is 6.65. The number of piperidine rings is 1. The number of dihydropyridines is 1. The van der Waals surface area contributed by atoms with Gasteiger partial charge in [0.25, 0.3) is 5.56 Å². The van der Waals surface area contributed by atoms with Crippen molar-refractivity contribution >= 4 is 28.3 Å². The fourth-order valence-electron chi connectivity index (χ4n) is 4.60. The number of aromatic nitrogens is 3. The zero-order chi connectivity index (χ0) is 24.7. The zero-order valence-electron chi connectivity index (χ0n) is 20.0. The van der Waals surface area contributed by atoms with Crippen molar-refractivity contribution in [3.8, 4) is 0 Å². The van der Waals surface area contributed by atoms with Gasteiger partial charge in [0.15, 0.2) is 0 Å². The molecular formula is C25H29FN6O3. The Labute approximate surface area is 201 Å². The number of allylic oxidation sites excluding steroid dienone is 2. The third-order valence-corrected chi connectivity index (χ3v) is 6.19. The van der Waals surface area contributed by atoms with E-state index < -0.39 is 5.60 Å². The lowest BCUT2D eigenvalue weighted by Gasteiger charge is -2.33. The Balaban J connectivity index is 1.44. The molecule has 0 saturated carbocycles. The van der Waals surface area contributed by atoms with Gasteiger partial charge in [0.1, 0.15) is 23.2 Å². The van der Waals surface area contributed by atoms with Crippen LogP contribution in [0.3, 0.4) is 0 Å². The number of carbonyl (C=O) groups excluding carboxylic acids is 1. The van der Waals surface area contributed by atoms with Crippen molar-refractivity contribution < 1.29 is 13.9 Å². The van der Waals surface area contributed by atoms with Gasteiger partial charge in [-0.05, 0) is 57.9 Å². The summed E-state index contributed by atoms with van der Waals surface area (Å²) < 4.78 is 20.6. The molecule has 1 aromatic carbocycles. The van der Waals surface area contributed by atoms with E-state index in [1.807, 2.05) is 39.0 Å². The maximum Gasteiger partial charge on any atom is 0.410 e. The van der Waals surface area contributed by atoms with Crippen LogP contribution in [0.25, 0.3) is 16.6 Å². The van der Waals surface area contributed by atoms with E-state index in [0.717, 1.165) is 22.3 Å². The van der Waals surface area contributed by atoms with Crippen LogP contribution in [0.2, 0.25) is 0 Å². The van der Waals surface area contributed by atoms with E-state index in [-0.39, 0.29) is 29.6 Å². The van der Waals surface area contributed by atoms with Crippen molar-refractivity contribution in [2.24, 2.45) is 0 Å². The minimum atomic E-state index is -0.541. The van der Waals surface area contributed by atoms with Crippen molar-refractivity contribution in [2.75, 3.05) is 18.4 Å². The topological polar surface area (TPSA) is 104 Å². The highest BCUT2D eigenvalue weighted by Crippen LogP contribution is 2.32. The fraction of sp³-hybridized carbons (Fsp3) is 0.400. The third-order valence-electron chi connectivity index (χ3n) is 6.19. The molecule has 0 aliphatic carbocycles. The zero-order valence-corrected chi connectivity index (χ0v) is 20.0. The molecule has 3 aromatic rings. The molecule has 0 radical (unpaired) electrons. The highest BCUT2D eigenvalue weighted by Gasteiger charge is 2.29. The minimum absolute atomic E-state index is 0.0697. The summed E-state index contributed by atoms with van der Waals surface area (Å²) in [4.78, 5) is 29.8. The van der Waals surface area contributed by atoms with Crippen LogP contribution in [0.1, 0.15) is 45.2 Å². The summed E-state index contributed by atoms with van der Waals surface area (Å²) in [7, 11) is 0. The number of rotatable bonds is 3. The van der Waals surface area contributed by atoms with E-state index in [0.29, 0.717) is 31.6 Å². The second-order valence-electron chi connectivity index (χ2n) is 9.94. The van der Waals surface area contributed by atoms with Gasteiger partial charge in [0, 0.05) is 37.0 Å². The number of nitrogens with one attached hydrogen (secondary N) is 3. The molecule has 0 spiro atoms. The molecule has 2 aliphatic heterocycles. The largest absolute Gasteiger partial charge is 0.444 e. The van der Waals surface area contributed by atoms with E-state index in [9.17, 15) is 14.0 Å². The number of fused-ring (bicyclic) bond motifs is 3. The number of nitrogens with zero attached hydrogens (tertiary/aromatic N) is 3. The summed E-state index contributed by atoms with van der Waals surface area (Å²) >= 11 is 0. The van der Waals surface area contributed by atoms with Crippen LogP contribution in [0.15, 0.2) is 53.2 Å². The molecule has 10 heteroatoms. The summed E-state index contributed by atoms with van der Waals surface area (Å²) in [6.07, 6.45) is 5.18. The van der Waals surface area contributed by atoms with Gasteiger partial charge < -0.3 is 25.3 Å². The number of H-pyrrole nitrogens is 1. The van der Waals surface area contributed by atoms with Gasteiger partial charge in [0.05, 0.1) is 16.6 Å². The second-order valence-corrected chi connectivity index (χ2v) is 9.94. The molecule has 1 saturated heterocycles. The second kappa shape index (κ2) is 8.75. The van der Waals surface area contributed by atoms with Crippen LogP contribution in [-0.2, 0) is 4.74 Å². The molecule has 2 aliphatic rings. The van der Waals surface area contributed by atoms with Gasteiger partial charge in [-0.1, -0.05) is 6.07 Å². The SMILES string of the molecule is CC(C)(C)OC(=O)N1CCC(c2cc(=O)[nH]c3c4c(NC5C=CC(F)=CN5)cccc4nn23)CC1. The average molecular weight is 481 g/mol. The summed E-state index contributed by atoms with van der Waals surface area (Å²) in [5.41, 5.74) is 2.16. The smallest absolute Gasteiger partial charge is 0.410 e. The number of carbonyl (C=O) groups is 1. The van der Waals surface area contributed by atoms with Crippen molar-refractivity contribution in [3.05, 3.63) is 64.5 Å². The molecule has 9 nitrogen and oxygen atoms in total. The van der Waals surface area contributed by atoms with Crippen LogP contribution < -0.4 is 16.2 Å². The molecule has 1 amide bonds. The maximum atomic E-state index is 13.3. The maximum absolute atomic E-state index is 13.3. The summed E-state index contributed by atoms with van der Waals surface area (Å²) in [5.74, 6) is -0.274. The fourth-order valence-corrected chi connectivity index (χ4v) is 4.60. The minimum Gasteiger partial charge on any atom is -0.444 e. The molecule has 0 bridgehead atoms. The number of benzene rings is 1. The van der Waals surface area contributed by atoms with Gasteiger partial charge in [-0.15, -0.1) is 0 Å². The predicted molar refractivity (Wildman–Crippen MR) is 132 cm³/mol. The number of halogens is 1. The molecule has 1 atom stereocenters. The molecule has 2 aromatic heterocycles. The third kappa shape index (κ3) is 4.73. The van der Waals surface area contributed by atoms with Gasteiger partial charge in [-0.3, -0.25) is 4.79 Å². The quantitative estimate of drug-likeness (QED) is 0.524. The van der Waals surface area contributed by atoms with Crippen LogP contribution in [0.5, 0.6) is 0 Å². The number of hydrogen-bond acceptors (Lipinski definition) is 6. The Morgan fingerprint density at radius 1 is 1.26 bits per heavy atom. The van der Waals surface area contributed by atoms with E-state index in [1.54, 1.807) is 21.6 Å². The Morgan fingerprint density at radius 2 is 2.03 bits per heavy atom. The molecule has 3 N–H and O–H groups in total. The average Bonchev–Trinajstić information content (AvgIpc) is 3.18. The van der Waals surface area contributed by atoms with Crippen LogP contribution in [0.4, 0.5) is 14.9 Å². The lowest BCUT2D eigenvalue weighted by Crippen LogP contribution is -2.41. The van der Waals surface area contributed by atoms with Crippen LogP contribution >= 0.6 is 0 Å². The highest BCUT2D eigenvalue weighted by molar-refractivity contribution is 6.02. The van der Waals surface area contributed by atoms with E-state index in [2.05, 4.69) is 15.6 Å². The van der Waals surface area contributed by atoms with Crippen molar-refractivity contribution in [2.45, 2.75) is 51.3 Å². The molecule has 184 valence electrons. The van der Waals surface area contributed by atoms with Crippen molar-refractivity contribution in [3.63, 3.8) is 0 Å². The Kier molecular flexibility index (Phi) is 5.74.